The molecular weight excluding hydrogens is 300 g/mol. The van der Waals surface area contributed by atoms with Crippen molar-refractivity contribution in [1.82, 2.24) is 10.2 Å². The van der Waals surface area contributed by atoms with Crippen LogP contribution in [-0.2, 0) is 9.53 Å². The van der Waals surface area contributed by atoms with E-state index in [1.54, 1.807) is 7.11 Å². The zero-order valence-electron chi connectivity index (χ0n) is 14.6. The number of carbonyl (C=O) groups is 1. The molecule has 0 bridgehead atoms. The third-order valence-electron chi connectivity index (χ3n) is 5.44. The first-order valence-electron chi connectivity index (χ1n) is 8.38. The van der Waals surface area contributed by atoms with Gasteiger partial charge in [-0.1, -0.05) is 20.8 Å². The first-order chi connectivity index (χ1) is 9.89. The van der Waals surface area contributed by atoms with E-state index in [2.05, 4.69) is 31.0 Å². The van der Waals surface area contributed by atoms with Gasteiger partial charge in [-0.2, -0.15) is 0 Å². The summed E-state index contributed by atoms with van der Waals surface area (Å²) in [5.74, 6) is 1.06. The molecule has 2 fully saturated rings. The van der Waals surface area contributed by atoms with Crippen LogP contribution in [-0.4, -0.2) is 50.7 Å². The highest BCUT2D eigenvalue weighted by atomic mass is 35.5. The Bertz CT molecular complexity index is 349. The summed E-state index contributed by atoms with van der Waals surface area (Å²) >= 11 is 0. The van der Waals surface area contributed by atoms with Crippen LogP contribution in [0.15, 0.2) is 0 Å². The number of hydrogen-bond donors (Lipinski definition) is 1. The van der Waals surface area contributed by atoms with Gasteiger partial charge in [0.1, 0.15) is 0 Å². The van der Waals surface area contributed by atoms with E-state index in [1.807, 2.05) is 0 Å². The summed E-state index contributed by atoms with van der Waals surface area (Å²) in [7, 11) is 1.71. The third-order valence-corrected chi connectivity index (χ3v) is 5.44. The molecule has 130 valence electrons. The molecule has 0 aliphatic carbocycles. The van der Waals surface area contributed by atoms with E-state index in [-0.39, 0.29) is 17.8 Å². The second kappa shape index (κ2) is 7.98. The Morgan fingerprint density at radius 1 is 1.23 bits per heavy atom. The average Bonchev–Trinajstić information content (AvgIpc) is 2.47. The van der Waals surface area contributed by atoms with Crippen LogP contribution in [0.2, 0.25) is 0 Å². The monoisotopic (exact) mass is 332 g/mol. The Kier molecular flexibility index (Phi) is 7.16. The molecule has 0 atom stereocenters. The number of ether oxygens (including phenoxy) is 1. The van der Waals surface area contributed by atoms with Crippen molar-refractivity contribution in [2.45, 2.75) is 46.5 Å². The molecule has 2 rings (SSSR count). The van der Waals surface area contributed by atoms with Crippen molar-refractivity contribution in [3.05, 3.63) is 0 Å². The van der Waals surface area contributed by atoms with Gasteiger partial charge < -0.3 is 15.0 Å². The second-order valence-electron chi connectivity index (χ2n) is 7.90. The van der Waals surface area contributed by atoms with Crippen LogP contribution in [0.25, 0.3) is 0 Å². The molecule has 0 aromatic heterocycles. The highest BCUT2D eigenvalue weighted by Crippen LogP contribution is 2.37. The minimum Gasteiger partial charge on any atom is -0.384 e. The smallest absolute Gasteiger partial charge is 0.231 e. The molecule has 1 N–H and O–H groups in total. The van der Waals surface area contributed by atoms with Gasteiger partial charge in [-0.3, -0.25) is 4.79 Å². The number of piperidine rings is 2. The molecule has 2 aliphatic heterocycles. The number of halogens is 1. The molecule has 22 heavy (non-hydrogen) atoms. The van der Waals surface area contributed by atoms with Crippen molar-refractivity contribution in [3.63, 3.8) is 0 Å². The Morgan fingerprint density at radius 3 is 2.23 bits per heavy atom. The largest absolute Gasteiger partial charge is 0.384 e. The van der Waals surface area contributed by atoms with Crippen LogP contribution in [0.4, 0.5) is 0 Å². The van der Waals surface area contributed by atoms with E-state index in [0.717, 1.165) is 57.8 Å². The molecule has 2 saturated heterocycles. The summed E-state index contributed by atoms with van der Waals surface area (Å²) in [5, 5.41) is 3.36. The lowest BCUT2D eigenvalue weighted by atomic mass is 9.74. The standard InChI is InChI=1S/C17H32N2O2.ClH/c1-16(2,3)14-5-11-19(12-6-14)15(20)17(13-21-4)7-9-18-10-8-17;/h14,18H,5-13H2,1-4H3;1H. The van der Waals surface area contributed by atoms with E-state index in [0.29, 0.717) is 17.9 Å². The summed E-state index contributed by atoms with van der Waals surface area (Å²) in [5.41, 5.74) is 0.0721. The van der Waals surface area contributed by atoms with Crippen LogP contribution >= 0.6 is 12.4 Å². The number of carbonyl (C=O) groups excluding carboxylic acids is 1. The number of amides is 1. The Balaban J connectivity index is 0.00000242. The zero-order chi connectivity index (χ0) is 15.5. The molecule has 1 amide bonds. The Labute approximate surface area is 141 Å². The highest BCUT2D eigenvalue weighted by Gasteiger charge is 2.43. The second-order valence-corrected chi connectivity index (χ2v) is 7.90. The van der Waals surface area contributed by atoms with Gasteiger partial charge >= 0.3 is 0 Å². The van der Waals surface area contributed by atoms with Crippen molar-refractivity contribution >= 4 is 18.3 Å². The summed E-state index contributed by atoms with van der Waals surface area (Å²) in [4.78, 5) is 15.1. The minimum absolute atomic E-state index is 0. The van der Waals surface area contributed by atoms with Crippen LogP contribution < -0.4 is 5.32 Å². The van der Waals surface area contributed by atoms with Crippen LogP contribution in [0.3, 0.4) is 0 Å². The van der Waals surface area contributed by atoms with Gasteiger partial charge in [-0.05, 0) is 50.1 Å². The van der Waals surface area contributed by atoms with Crippen molar-refractivity contribution in [1.29, 1.82) is 0 Å². The van der Waals surface area contributed by atoms with Gasteiger partial charge in [0.2, 0.25) is 5.91 Å². The lowest BCUT2D eigenvalue weighted by Gasteiger charge is -2.44. The van der Waals surface area contributed by atoms with Gasteiger partial charge in [0.05, 0.1) is 12.0 Å². The molecule has 0 spiro atoms. The van der Waals surface area contributed by atoms with Crippen molar-refractivity contribution in [2.24, 2.45) is 16.7 Å². The molecule has 0 aromatic carbocycles. The molecule has 2 heterocycles. The third kappa shape index (κ3) is 4.36. The summed E-state index contributed by atoms with van der Waals surface area (Å²) in [6.45, 7) is 11.2. The molecule has 4 nitrogen and oxygen atoms in total. The SMILES string of the molecule is COCC1(C(=O)N2CCC(C(C)(C)C)CC2)CCNCC1.Cl. The van der Waals surface area contributed by atoms with Gasteiger partial charge in [-0.15, -0.1) is 12.4 Å². The first kappa shape index (κ1) is 19.7. The van der Waals surface area contributed by atoms with Crippen LogP contribution in [0.5, 0.6) is 0 Å². The molecule has 0 aromatic rings. The lowest BCUT2D eigenvalue weighted by Crippen LogP contribution is -2.53. The number of hydrogen-bond acceptors (Lipinski definition) is 3. The molecule has 0 radical (unpaired) electrons. The van der Waals surface area contributed by atoms with Crippen molar-refractivity contribution in [2.75, 3.05) is 39.9 Å². The normalized spacial score (nSPS) is 23.0. The summed E-state index contributed by atoms with van der Waals surface area (Å²) in [6.07, 6.45) is 4.07. The minimum atomic E-state index is -0.283. The summed E-state index contributed by atoms with van der Waals surface area (Å²) < 4.78 is 5.40. The fraction of sp³-hybridized carbons (Fsp3) is 0.941. The quantitative estimate of drug-likeness (QED) is 0.864. The molecule has 2 aliphatic rings. The maximum absolute atomic E-state index is 13.0. The fourth-order valence-electron chi connectivity index (χ4n) is 3.89. The van der Waals surface area contributed by atoms with E-state index in [9.17, 15) is 4.79 Å². The molecular formula is C17H33ClN2O2. The van der Waals surface area contributed by atoms with Gasteiger partial charge in [0.25, 0.3) is 0 Å². The van der Waals surface area contributed by atoms with Crippen molar-refractivity contribution < 1.29 is 9.53 Å². The molecule has 5 heteroatoms. The number of nitrogens with one attached hydrogen (secondary N) is 1. The fourth-order valence-corrected chi connectivity index (χ4v) is 3.89. The number of rotatable bonds is 3. The molecule has 0 saturated carbocycles. The van der Waals surface area contributed by atoms with Crippen LogP contribution in [0, 0.1) is 16.7 Å². The maximum atomic E-state index is 13.0. The number of likely N-dealkylation sites (tertiary alicyclic amines) is 1. The average molecular weight is 333 g/mol. The Morgan fingerprint density at radius 2 is 1.77 bits per heavy atom. The topological polar surface area (TPSA) is 41.6 Å². The van der Waals surface area contributed by atoms with Crippen LogP contribution in [0.1, 0.15) is 46.5 Å². The van der Waals surface area contributed by atoms with Crippen molar-refractivity contribution in [3.8, 4) is 0 Å². The van der Waals surface area contributed by atoms with Gasteiger partial charge in [0.15, 0.2) is 0 Å². The van der Waals surface area contributed by atoms with Gasteiger partial charge in [-0.25, -0.2) is 0 Å². The zero-order valence-corrected chi connectivity index (χ0v) is 15.4. The predicted molar refractivity (Wildman–Crippen MR) is 92.4 cm³/mol. The lowest BCUT2D eigenvalue weighted by molar-refractivity contribution is -0.149. The highest BCUT2D eigenvalue weighted by molar-refractivity contribution is 5.85. The van der Waals surface area contributed by atoms with E-state index in [1.165, 1.54) is 0 Å². The van der Waals surface area contributed by atoms with Gasteiger partial charge in [0, 0.05) is 20.2 Å². The predicted octanol–water partition coefficient (Wildman–Crippen LogP) is 2.71. The summed E-state index contributed by atoms with van der Waals surface area (Å²) in [6, 6.07) is 0. The maximum Gasteiger partial charge on any atom is 0.231 e. The first-order valence-corrected chi connectivity index (χ1v) is 8.38. The number of methoxy groups -OCH3 is 1. The van der Waals surface area contributed by atoms with E-state index < -0.39 is 0 Å². The van der Waals surface area contributed by atoms with E-state index in [4.69, 9.17) is 4.74 Å². The Hall–Kier alpha value is -0.320. The van der Waals surface area contributed by atoms with E-state index >= 15 is 0 Å². The number of nitrogens with zero attached hydrogens (tertiary/aromatic N) is 1. The molecule has 0 unspecified atom stereocenters.